The summed E-state index contributed by atoms with van der Waals surface area (Å²) in [5, 5.41) is 0. The van der Waals surface area contributed by atoms with Crippen molar-refractivity contribution in [2.45, 2.75) is 119 Å². The van der Waals surface area contributed by atoms with Gasteiger partial charge in [-0.25, -0.2) is 0 Å². The Balaban J connectivity index is 1.40. The van der Waals surface area contributed by atoms with Gasteiger partial charge in [0.1, 0.15) is 0 Å². The predicted molar refractivity (Wildman–Crippen MR) is 269 cm³/mol. The van der Waals surface area contributed by atoms with Crippen LogP contribution in [0.5, 0.6) is 0 Å². The summed E-state index contributed by atoms with van der Waals surface area (Å²) in [6, 6.07) is 42.0. The van der Waals surface area contributed by atoms with Gasteiger partial charge in [-0.1, -0.05) is 161 Å². The third kappa shape index (κ3) is 6.94. The van der Waals surface area contributed by atoms with Gasteiger partial charge in [0.2, 0.25) is 0 Å². The number of fused-ring (bicyclic) bond motifs is 4. The highest BCUT2D eigenvalue weighted by Crippen LogP contribution is 2.53. The van der Waals surface area contributed by atoms with E-state index in [1.165, 1.54) is 99.2 Å². The standard InChI is InChI=1S/C57H63BN2S/c1-13-57(11,12)50-52-54(61-53(50)36(2)3)58-45-32-27-39(42-23-17-19-25-44(42)56(8,9)10)35-47(45)60(46-26-20-18-24-43(46)38-21-15-14-16-22-38)49-34-37(4)33-48(51(49)58)59(52)41-30-28-40(29-31-41)55(5,6)7/h14-16,18,20-36H,13,17,19H2,1-12H3. The number of nitrogens with zero attached hydrogens (tertiary/aromatic N) is 2. The lowest BCUT2D eigenvalue weighted by Gasteiger charge is -2.45. The van der Waals surface area contributed by atoms with E-state index in [0.29, 0.717) is 5.92 Å². The van der Waals surface area contributed by atoms with Gasteiger partial charge in [-0.05, 0) is 135 Å². The monoisotopic (exact) mass is 818 g/mol. The average Bonchev–Trinajstić information content (AvgIpc) is 3.65. The molecule has 3 heterocycles. The minimum absolute atomic E-state index is 0.0252. The van der Waals surface area contributed by atoms with Crippen LogP contribution in [0.1, 0.15) is 128 Å². The smallest absolute Gasteiger partial charge is 0.264 e. The number of para-hydroxylation sites is 1. The number of hydrogen-bond acceptors (Lipinski definition) is 3. The molecule has 9 rings (SSSR count). The molecule has 0 atom stereocenters. The summed E-state index contributed by atoms with van der Waals surface area (Å²) in [5.41, 5.74) is 21.2. The van der Waals surface area contributed by atoms with Gasteiger partial charge >= 0.3 is 0 Å². The van der Waals surface area contributed by atoms with E-state index >= 15 is 0 Å². The van der Waals surface area contributed by atoms with Gasteiger partial charge in [-0.2, -0.15) is 11.3 Å². The first-order chi connectivity index (χ1) is 29.0. The number of anilines is 6. The molecule has 2 nitrogen and oxygen atoms in total. The highest BCUT2D eigenvalue weighted by atomic mass is 32.1. The number of allylic oxidation sites excluding steroid dienone is 4. The molecule has 0 radical (unpaired) electrons. The first kappa shape index (κ1) is 41.3. The highest BCUT2D eigenvalue weighted by molar-refractivity contribution is 7.29. The molecule has 0 fully saturated rings. The summed E-state index contributed by atoms with van der Waals surface area (Å²) in [6.07, 6.45) is 8.22. The van der Waals surface area contributed by atoms with E-state index in [-0.39, 0.29) is 23.0 Å². The van der Waals surface area contributed by atoms with Gasteiger partial charge < -0.3 is 9.80 Å². The van der Waals surface area contributed by atoms with Crippen LogP contribution < -0.4 is 25.5 Å². The Morgan fingerprint density at radius 1 is 0.656 bits per heavy atom. The SMILES string of the molecule is CCC(C)(C)c1c(C(C)C)sc2c1N(c1ccc(C(C)(C)C)cc1)c1cc(C)cc3c1B2c1ccc(C2=CCCC=C2C(C)(C)C)cc1N3c1ccccc1-c1ccccc1. The molecule has 310 valence electrons. The maximum absolute atomic E-state index is 2.67. The third-order valence-electron chi connectivity index (χ3n) is 13.6. The second-order valence-corrected chi connectivity index (χ2v) is 21.9. The Kier molecular flexibility index (Phi) is 10.2. The summed E-state index contributed by atoms with van der Waals surface area (Å²) in [7, 11) is 0. The van der Waals surface area contributed by atoms with E-state index in [0.717, 1.165) is 19.3 Å². The molecule has 0 saturated heterocycles. The molecule has 6 aromatic rings. The van der Waals surface area contributed by atoms with Crippen molar-refractivity contribution in [3.05, 3.63) is 154 Å². The van der Waals surface area contributed by atoms with Crippen molar-refractivity contribution in [3.8, 4) is 11.1 Å². The molecule has 0 spiro atoms. The zero-order chi connectivity index (χ0) is 43.2. The molecular formula is C57H63BN2S. The maximum Gasteiger partial charge on any atom is 0.264 e. The Labute approximate surface area is 371 Å². The van der Waals surface area contributed by atoms with Crippen molar-refractivity contribution in [2.24, 2.45) is 5.41 Å². The second kappa shape index (κ2) is 15.1. The average molecular weight is 819 g/mol. The van der Waals surface area contributed by atoms with Gasteiger partial charge in [0, 0.05) is 38.0 Å². The normalized spacial score (nSPS) is 15.1. The lowest BCUT2D eigenvalue weighted by Crippen LogP contribution is -2.60. The molecule has 0 N–H and O–H groups in total. The Morgan fingerprint density at radius 2 is 1.31 bits per heavy atom. The number of rotatable bonds is 7. The zero-order valence-electron chi connectivity index (χ0n) is 38.6. The number of benzene rings is 5. The van der Waals surface area contributed by atoms with Gasteiger partial charge in [-0.15, -0.1) is 0 Å². The van der Waals surface area contributed by atoms with Crippen LogP contribution in [0.15, 0.2) is 127 Å². The van der Waals surface area contributed by atoms with Crippen LogP contribution in [-0.4, -0.2) is 6.71 Å². The molecule has 0 unspecified atom stereocenters. The van der Waals surface area contributed by atoms with Crippen molar-refractivity contribution in [3.63, 3.8) is 0 Å². The summed E-state index contributed by atoms with van der Waals surface area (Å²) < 4.78 is 1.47. The van der Waals surface area contributed by atoms with E-state index in [1.54, 1.807) is 0 Å². The highest BCUT2D eigenvalue weighted by Gasteiger charge is 2.48. The Bertz CT molecular complexity index is 2710. The van der Waals surface area contributed by atoms with E-state index in [2.05, 4.69) is 226 Å². The van der Waals surface area contributed by atoms with Crippen molar-refractivity contribution >= 4 is 73.4 Å². The fourth-order valence-electron chi connectivity index (χ4n) is 10.2. The van der Waals surface area contributed by atoms with Crippen LogP contribution in [0.4, 0.5) is 34.1 Å². The molecule has 5 aromatic carbocycles. The molecule has 1 aliphatic carbocycles. The number of aryl methyl sites for hydroxylation is 1. The maximum atomic E-state index is 2.67. The lowest BCUT2D eigenvalue weighted by molar-refractivity contribution is 0.502. The first-order valence-corrected chi connectivity index (χ1v) is 23.5. The summed E-state index contributed by atoms with van der Waals surface area (Å²) >= 11 is 2.08. The van der Waals surface area contributed by atoms with E-state index in [9.17, 15) is 0 Å². The molecule has 3 aliphatic rings. The fraction of sp³-hybridized carbons (Fsp3) is 0.333. The van der Waals surface area contributed by atoms with Crippen LogP contribution in [0.3, 0.4) is 0 Å². The summed E-state index contributed by atoms with van der Waals surface area (Å²) in [6.45, 7) is 28.5. The molecule has 2 aliphatic heterocycles. The Morgan fingerprint density at radius 3 is 1.97 bits per heavy atom. The molecule has 0 saturated carbocycles. The van der Waals surface area contributed by atoms with Crippen LogP contribution >= 0.6 is 11.3 Å². The summed E-state index contributed by atoms with van der Waals surface area (Å²) in [5.74, 6) is 0.395. The molecule has 1 aromatic heterocycles. The molecule has 4 heteroatoms. The second-order valence-electron chi connectivity index (χ2n) is 20.8. The minimum atomic E-state index is -0.0252. The summed E-state index contributed by atoms with van der Waals surface area (Å²) in [4.78, 5) is 6.82. The topological polar surface area (TPSA) is 6.48 Å². The van der Waals surface area contributed by atoms with E-state index < -0.39 is 0 Å². The molecular weight excluding hydrogens is 756 g/mol. The van der Waals surface area contributed by atoms with Gasteiger partial charge in [0.15, 0.2) is 0 Å². The van der Waals surface area contributed by atoms with E-state index in [1.807, 2.05) is 0 Å². The van der Waals surface area contributed by atoms with Gasteiger partial charge in [0.05, 0.1) is 11.4 Å². The molecule has 0 amide bonds. The number of thiophene rings is 1. The van der Waals surface area contributed by atoms with E-state index in [4.69, 9.17) is 0 Å². The Hall–Kier alpha value is -5.06. The first-order valence-electron chi connectivity index (χ1n) is 22.7. The van der Waals surface area contributed by atoms with Crippen LogP contribution in [0, 0.1) is 12.3 Å². The van der Waals surface area contributed by atoms with Crippen LogP contribution in [0.2, 0.25) is 0 Å². The van der Waals surface area contributed by atoms with Crippen LogP contribution in [-0.2, 0) is 10.8 Å². The fourth-order valence-corrected chi connectivity index (χ4v) is 11.8. The van der Waals surface area contributed by atoms with Crippen LogP contribution in [0.25, 0.3) is 16.7 Å². The largest absolute Gasteiger partial charge is 0.311 e. The van der Waals surface area contributed by atoms with Crippen molar-refractivity contribution in [2.75, 3.05) is 9.80 Å². The third-order valence-corrected chi connectivity index (χ3v) is 15.2. The lowest BCUT2D eigenvalue weighted by atomic mass is 9.36. The number of hydrogen-bond donors (Lipinski definition) is 0. The molecule has 0 bridgehead atoms. The quantitative estimate of drug-likeness (QED) is 0.148. The van der Waals surface area contributed by atoms with Crippen molar-refractivity contribution < 1.29 is 0 Å². The van der Waals surface area contributed by atoms with Crippen molar-refractivity contribution in [1.29, 1.82) is 0 Å². The van der Waals surface area contributed by atoms with Crippen molar-refractivity contribution in [1.82, 2.24) is 0 Å². The zero-order valence-corrected chi connectivity index (χ0v) is 39.4. The molecule has 61 heavy (non-hydrogen) atoms. The minimum Gasteiger partial charge on any atom is -0.311 e. The predicted octanol–water partition coefficient (Wildman–Crippen LogP) is 15.1. The van der Waals surface area contributed by atoms with Gasteiger partial charge in [0.25, 0.3) is 6.71 Å². The van der Waals surface area contributed by atoms with Gasteiger partial charge in [-0.3, -0.25) is 0 Å².